The van der Waals surface area contributed by atoms with Crippen LogP contribution >= 0.6 is 0 Å². The second kappa shape index (κ2) is 12.2. The van der Waals surface area contributed by atoms with E-state index in [4.69, 9.17) is 9.47 Å². The van der Waals surface area contributed by atoms with Crippen LogP contribution in [0.25, 0.3) is 0 Å². The van der Waals surface area contributed by atoms with Gasteiger partial charge >= 0.3 is 12.1 Å². The Balaban J connectivity index is 1.68. The Labute approximate surface area is 224 Å². The molecule has 1 aromatic heterocycles. The van der Waals surface area contributed by atoms with Crippen molar-refractivity contribution in [2.24, 2.45) is 0 Å². The summed E-state index contributed by atoms with van der Waals surface area (Å²) in [6, 6.07) is 7.23. The summed E-state index contributed by atoms with van der Waals surface area (Å²) >= 11 is 0. The van der Waals surface area contributed by atoms with Gasteiger partial charge in [-0.3, -0.25) is 9.59 Å². The van der Waals surface area contributed by atoms with E-state index in [9.17, 15) is 19.5 Å². The zero-order valence-electron chi connectivity index (χ0n) is 23.1. The second-order valence-corrected chi connectivity index (χ2v) is 10.8. The fourth-order valence-corrected chi connectivity index (χ4v) is 4.24. The molecule has 0 spiro atoms. The maximum absolute atomic E-state index is 13.3. The maximum atomic E-state index is 13.3. The number of carboxylic acid groups (broad SMARTS) is 1. The third kappa shape index (κ3) is 8.16. The summed E-state index contributed by atoms with van der Waals surface area (Å²) < 4.78 is 11.1. The molecule has 1 aliphatic heterocycles. The van der Waals surface area contributed by atoms with Crippen molar-refractivity contribution in [3.63, 3.8) is 0 Å². The Morgan fingerprint density at radius 2 is 1.76 bits per heavy atom. The first-order valence-electron chi connectivity index (χ1n) is 12.9. The molecule has 206 valence electrons. The number of aromatic nitrogens is 2. The summed E-state index contributed by atoms with van der Waals surface area (Å²) in [7, 11) is 0. The van der Waals surface area contributed by atoms with E-state index >= 15 is 0 Å². The van der Waals surface area contributed by atoms with Crippen LogP contribution in [0.2, 0.25) is 0 Å². The molecule has 2 aromatic rings. The molecule has 10 heteroatoms. The van der Waals surface area contributed by atoms with Crippen molar-refractivity contribution in [3.05, 3.63) is 53.1 Å². The molecule has 0 aliphatic carbocycles. The number of nitrogens with zero attached hydrogens (tertiary/aromatic N) is 4. The van der Waals surface area contributed by atoms with Crippen LogP contribution in [-0.2, 0) is 16.1 Å². The summed E-state index contributed by atoms with van der Waals surface area (Å²) in [5.41, 5.74) is 0.991. The lowest BCUT2D eigenvalue weighted by molar-refractivity contribution is -0.137. The highest BCUT2D eigenvalue weighted by atomic mass is 16.6. The molecule has 0 saturated carbocycles. The predicted molar refractivity (Wildman–Crippen MR) is 141 cm³/mol. The van der Waals surface area contributed by atoms with E-state index in [2.05, 4.69) is 9.97 Å². The van der Waals surface area contributed by atoms with Crippen LogP contribution in [0.4, 0.5) is 4.79 Å². The normalized spacial score (nSPS) is 14.3. The first-order valence-corrected chi connectivity index (χ1v) is 12.9. The standard InChI is InChI=1S/C28H38N4O6/c1-18(2)37-22-9-7-20(8-10-22)16-32(17-24(33)34)26(35)23-15-29-25(30-19(23)3)21-11-13-31(14-12-21)27(36)38-28(4,5)6/h7-10,15,18,21H,11-14,16-17H2,1-6H3,(H,33,34). The van der Waals surface area contributed by atoms with Crippen LogP contribution in [0.15, 0.2) is 30.5 Å². The van der Waals surface area contributed by atoms with Gasteiger partial charge in [0.1, 0.15) is 23.7 Å². The van der Waals surface area contributed by atoms with E-state index in [0.29, 0.717) is 43.2 Å². The summed E-state index contributed by atoms with van der Waals surface area (Å²) in [5.74, 6) is -0.174. The Kier molecular flexibility index (Phi) is 9.30. The largest absolute Gasteiger partial charge is 0.491 e. The van der Waals surface area contributed by atoms with Gasteiger partial charge in [-0.05, 0) is 72.1 Å². The zero-order valence-corrected chi connectivity index (χ0v) is 23.1. The van der Waals surface area contributed by atoms with Crippen LogP contribution in [0.1, 0.15) is 80.8 Å². The lowest BCUT2D eigenvalue weighted by Crippen LogP contribution is -2.41. The summed E-state index contributed by atoms with van der Waals surface area (Å²) in [6.07, 6.45) is 2.57. The molecule has 1 N–H and O–H groups in total. The second-order valence-electron chi connectivity index (χ2n) is 10.8. The SMILES string of the molecule is Cc1nc(C2CCN(C(=O)OC(C)(C)C)CC2)ncc1C(=O)N(CC(=O)O)Cc1ccc(OC(C)C)cc1. The number of piperidine rings is 1. The molecular formula is C28H38N4O6. The van der Waals surface area contributed by atoms with Gasteiger partial charge in [-0.25, -0.2) is 14.8 Å². The molecule has 2 amide bonds. The number of aryl methyl sites for hydroxylation is 1. The minimum absolute atomic E-state index is 0.0365. The van der Waals surface area contributed by atoms with Crippen molar-refractivity contribution in [1.29, 1.82) is 0 Å². The van der Waals surface area contributed by atoms with Crippen molar-refractivity contribution >= 4 is 18.0 Å². The van der Waals surface area contributed by atoms with Gasteiger partial charge in [-0.1, -0.05) is 12.1 Å². The van der Waals surface area contributed by atoms with E-state index in [0.717, 1.165) is 5.56 Å². The molecular weight excluding hydrogens is 488 g/mol. The smallest absolute Gasteiger partial charge is 0.410 e. The van der Waals surface area contributed by atoms with Crippen LogP contribution in [0.3, 0.4) is 0 Å². The predicted octanol–water partition coefficient (Wildman–Crippen LogP) is 4.41. The lowest BCUT2D eigenvalue weighted by atomic mass is 9.96. The summed E-state index contributed by atoms with van der Waals surface area (Å²) in [6.45, 7) is 11.9. The molecule has 2 heterocycles. The number of hydrogen-bond donors (Lipinski definition) is 1. The van der Waals surface area contributed by atoms with Crippen LogP contribution in [-0.4, -0.2) is 74.2 Å². The van der Waals surface area contributed by atoms with E-state index in [1.165, 1.54) is 11.1 Å². The van der Waals surface area contributed by atoms with Crippen molar-refractivity contribution in [2.75, 3.05) is 19.6 Å². The van der Waals surface area contributed by atoms with Gasteiger partial charge in [-0.15, -0.1) is 0 Å². The Hall–Kier alpha value is -3.69. The summed E-state index contributed by atoms with van der Waals surface area (Å²) in [5, 5.41) is 9.43. The Morgan fingerprint density at radius 1 is 1.13 bits per heavy atom. The molecule has 0 radical (unpaired) electrons. The van der Waals surface area contributed by atoms with E-state index in [-0.39, 0.29) is 30.2 Å². The van der Waals surface area contributed by atoms with E-state index in [1.807, 2.05) is 46.8 Å². The topological polar surface area (TPSA) is 122 Å². The number of hydrogen-bond acceptors (Lipinski definition) is 7. The molecule has 1 aliphatic rings. The number of aliphatic carboxylic acids is 1. The highest BCUT2D eigenvalue weighted by Gasteiger charge is 2.29. The van der Waals surface area contributed by atoms with Crippen molar-refractivity contribution < 1.29 is 29.0 Å². The minimum Gasteiger partial charge on any atom is -0.491 e. The number of ether oxygens (including phenoxy) is 2. The number of carbonyl (C=O) groups excluding carboxylic acids is 2. The molecule has 1 saturated heterocycles. The third-order valence-electron chi connectivity index (χ3n) is 6.02. The molecule has 38 heavy (non-hydrogen) atoms. The molecule has 0 unspecified atom stereocenters. The fourth-order valence-electron chi connectivity index (χ4n) is 4.24. The number of rotatable bonds is 8. The van der Waals surface area contributed by atoms with Crippen LogP contribution in [0.5, 0.6) is 5.75 Å². The molecule has 1 aromatic carbocycles. The van der Waals surface area contributed by atoms with Crippen molar-refractivity contribution in [2.45, 2.75) is 78.6 Å². The van der Waals surface area contributed by atoms with Crippen molar-refractivity contribution in [1.82, 2.24) is 19.8 Å². The fraction of sp³-hybridized carbons (Fsp3) is 0.536. The first-order chi connectivity index (χ1) is 17.8. The van der Waals surface area contributed by atoms with Gasteiger partial charge in [0.25, 0.3) is 5.91 Å². The van der Waals surface area contributed by atoms with Crippen molar-refractivity contribution in [3.8, 4) is 5.75 Å². The highest BCUT2D eigenvalue weighted by molar-refractivity contribution is 5.96. The Bertz CT molecular complexity index is 1140. The number of likely N-dealkylation sites (tertiary alicyclic amines) is 1. The van der Waals surface area contributed by atoms with Gasteiger partial charge in [0.15, 0.2) is 0 Å². The molecule has 1 fully saturated rings. The average Bonchev–Trinajstić information content (AvgIpc) is 2.83. The van der Waals surface area contributed by atoms with E-state index < -0.39 is 24.0 Å². The molecule has 0 bridgehead atoms. The van der Waals surface area contributed by atoms with Gasteiger partial charge in [-0.2, -0.15) is 0 Å². The Morgan fingerprint density at radius 3 is 2.29 bits per heavy atom. The summed E-state index contributed by atoms with van der Waals surface area (Å²) in [4.78, 5) is 49.2. The first kappa shape index (κ1) is 28.9. The van der Waals surface area contributed by atoms with Gasteiger partial charge in [0, 0.05) is 31.7 Å². The quantitative estimate of drug-likeness (QED) is 0.537. The average molecular weight is 527 g/mol. The monoisotopic (exact) mass is 526 g/mol. The highest BCUT2D eigenvalue weighted by Crippen LogP contribution is 2.27. The molecule has 0 atom stereocenters. The number of benzene rings is 1. The minimum atomic E-state index is -1.11. The van der Waals surface area contributed by atoms with Gasteiger partial charge in [0.05, 0.1) is 17.4 Å². The van der Waals surface area contributed by atoms with E-state index in [1.54, 1.807) is 24.0 Å². The molecule has 3 rings (SSSR count). The zero-order chi connectivity index (χ0) is 28.0. The van der Waals surface area contributed by atoms with Crippen LogP contribution in [0, 0.1) is 6.92 Å². The van der Waals surface area contributed by atoms with Gasteiger partial charge in [0.2, 0.25) is 0 Å². The number of carboxylic acids is 1. The maximum Gasteiger partial charge on any atom is 0.410 e. The molecule has 10 nitrogen and oxygen atoms in total. The number of carbonyl (C=O) groups is 3. The van der Waals surface area contributed by atoms with Crippen LogP contribution < -0.4 is 4.74 Å². The van der Waals surface area contributed by atoms with Gasteiger partial charge < -0.3 is 24.4 Å². The number of amides is 2. The lowest BCUT2D eigenvalue weighted by Gasteiger charge is -2.33. The third-order valence-corrected chi connectivity index (χ3v) is 6.02.